The minimum atomic E-state index is 1.08. The van der Waals surface area contributed by atoms with Gasteiger partial charge in [0.2, 0.25) is 0 Å². The van der Waals surface area contributed by atoms with Gasteiger partial charge in [-0.25, -0.2) is 0 Å². The Morgan fingerprint density at radius 1 is 0.213 bits per heavy atom. The van der Waals surface area contributed by atoms with Crippen molar-refractivity contribution < 1.29 is 0 Å². The second-order valence-corrected chi connectivity index (χ2v) is 15.7. The molecule has 11 aromatic carbocycles. The van der Waals surface area contributed by atoms with Gasteiger partial charge in [0, 0.05) is 16.9 Å². The lowest BCUT2D eigenvalue weighted by Gasteiger charge is -2.29. The number of benzene rings is 11. The van der Waals surface area contributed by atoms with Crippen LogP contribution in [-0.4, -0.2) is 0 Å². The first kappa shape index (κ1) is 36.1. The highest BCUT2D eigenvalue weighted by Crippen LogP contribution is 2.45. The summed E-state index contributed by atoms with van der Waals surface area (Å²) >= 11 is 0. The molecule has 0 radical (unpaired) electrons. The molecule has 0 aliphatic heterocycles. The molecule has 0 aliphatic rings. The van der Waals surface area contributed by atoms with Crippen LogP contribution in [0.1, 0.15) is 0 Å². The predicted molar refractivity (Wildman–Crippen MR) is 261 cm³/mol. The summed E-state index contributed by atoms with van der Waals surface area (Å²) in [6, 6.07) is 90.5. The smallest absolute Gasteiger partial charge is 0.0546 e. The van der Waals surface area contributed by atoms with Gasteiger partial charge in [-0.05, 0) is 113 Å². The highest BCUT2D eigenvalue weighted by Gasteiger charge is 2.20. The van der Waals surface area contributed by atoms with Crippen molar-refractivity contribution in [1.29, 1.82) is 0 Å². The average Bonchev–Trinajstić information content (AvgIpc) is 3.34. The van der Waals surface area contributed by atoms with Crippen LogP contribution in [0.2, 0.25) is 0 Å². The van der Waals surface area contributed by atoms with Crippen molar-refractivity contribution in [2.24, 2.45) is 0 Å². The van der Waals surface area contributed by atoms with Crippen molar-refractivity contribution in [3.8, 4) is 55.6 Å². The van der Waals surface area contributed by atoms with Crippen molar-refractivity contribution in [2.75, 3.05) is 4.90 Å². The maximum Gasteiger partial charge on any atom is 0.0546 e. The second-order valence-electron chi connectivity index (χ2n) is 15.7. The first-order chi connectivity index (χ1) is 30.2. The average molecular weight is 776 g/mol. The van der Waals surface area contributed by atoms with Gasteiger partial charge in [-0.1, -0.05) is 218 Å². The van der Waals surface area contributed by atoms with Crippen LogP contribution in [0, 0.1) is 0 Å². The monoisotopic (exact) mass is 775 g/mol. The Bertz CT molecular complexity index is 3310. The molecule has 61 heavy (non-hydrogen) atoms. The van der Waals surface area contributed by atoms with Gasteiger partial charge in [0.25, 0.3) is 0 Å². The fourth-order valence-corrected chi connectivity index (χ4v) is 9.04. The third kappa shape index (κ3) is 6.83. The van der Waals surface area contributed by atoms with Gasteiger partial charge in [-0.3, -0.25) is 0 Å². The zero-order valence-corrected chi connectivity index (χ0v) is 33.6. The third-order valence-electron chi connectivity index (χ3n) is 12.1. The first-order valence-corrected chi connectivity index (χ1v) is 21.0. The van der Waals surface area contributed by atoms with Crippen LogP contribution >= 0.6 is 0 Å². The number of hydrogen-bond acceptors (Lipinski definition) is 1. The molecular formula is C60H41N. The van der Waals surface area contributed by atoms with E-state index in [4.69, 9.17) is 0 Å². The highest BCUT2D eigenvalue weighted by atomic mass is 15.1. The van der Waals surface area contributed by atoms with Crippen molar-refractivity contribution >= 4 is 49.4 Å². The molecule has 0 fully saturated rings. The lowest BCUT2D eigenvalue weighted by atomic mass is 9.93. The molecule has 11 aromatic rings. The van der Waals surface area contributed by atoms with E-state index in [9.17, 15) is 0 Å². The molecule has 0 atom stereocenters. The van der Waals surface area contributed by atoms with Crippen LogP contribution in [0.5, 0.6) is 0 Å². The molecule has 0 saturated heterocycles. The summed E-state index contributed by atoms with van der Waals surface area (Å²) in [6.45, 7) is 0. The maximum absolute atomic E-state index is 2.43. The molecular weight excluding hydrogens is 735 g/mol. The lowest BCUT2D eigenvalue weighted by Crippen LogP contribution is -2.11. The maximum atomic E-state index is 2.43. The quantitative estimate of drug-likeness (QED) is 0.149. The largest absolute Gasteiger partial charge is 0.310 e. The van der Waals surface area contributed by atoms with Gasteiger partial charge in [0.15, 0.2) is 0 Å². The van der Waals surface area contributed by atoms with E-state index in [1.807, 2.05) is 0 Å². The van der Waals surface area contributed by atoms with Crippen LogP contribution in [0.4, 0.5) is 17.1 Å². The summed E-state index contributed by atoms with van der Waals surface area (Å²) in [6.07, 6.45) is 0. The lowest BCUT2D eigenvalue weighted by molar-refractivity contribution is 1.28. The Hall–Kier alpha value is -8.00. The van der Waals surface area contributed by atoms with Gasteiger partial charge in [-0.15, -0.1) is 0 Å². The van der Waals surface area contributed by atoms with Crippen molar-refractivity contribution in [2.45, 2.75) is 0 Å². The molecule has 0 heterocycles. The highest BCUT2D eigenvalue weighted by molar-refractivity contribution is 6.01. The summed E-state index contributed by atoms with van der Waals surface area (Å²) in [5.41, 5.74) is 15.3. The zero-order chi connectivity index (χ0) is 40.5. The van der Waals surface area contributed by atoms with E-state index < -0.39 is 0 Å². The number of nitrogens with zero attached hydrogens (tertiary/aromatic N) is 1. The number of anilines is 3. The van der Waals surface area contributed by atoms with E-state index in [0.717, 1.165) is 22.6 Å². The second kappa shape index (κ2) is 15.6. The van der Waals surface area contributed by atoms with E-state index in [2.05, 4.69) is 254 Å². The summed E-state index contributed by atoms with van der Waals surface area (Å²) in [7, 11) is 0. The van der Waals surface area contributed by atoms with E-state index in [1.54, 1.807) is 0 Å². The van der Waals surface area contributed by atoms with Crippen molar-refractivity contribution in [3.05, 3.63) is 249 Å². The van der Waals surface area contributed by atoms with Gasteiger partial charge in [0.1, 0.15) is 0 Å². The van der Waals surface area contributed by atoms with Gasteiger partial charge < -0.3 is 4.90 Å². The normalized spacial score (nSPS) is 11.3. The Balaban J connectivity index is 1.04. The topological polar surface area (TPSA) is 3.24 Å². The Morgan fingerprint density at radius 3 is 1.05 bits per heavy atom. The van der Waals surface area contributed by atoms with Gasteiger partial charge in [0.05, 0.1) is 5.69 Å². The SMILES string of the molecule is c1ccc(-c2ccc(-c3cccc4ccccc34)cc2N(c2ccc(-c3ccc(-c4cccc5ccccc45)cc3)cc2)c2ccc(-c3cccc4ccccc34)cc2)cc1. The third-order valence-corrected chi connectivity index (χ3v) is 12.1. The number of hydrogen-bond donors (Lipinski definition) is 0. The molecule has 0 amide bonds. The van der Waals surface area contributed by atoms with Crippen LogP contribution in [0.25, 0.3) is 88.0 Å². The molecule has 1 heteroatoms. The molecule has 0 aliphatic carbocycles. The fourth-order valence-electron chi connectivity index (χ4n) is 9.04. The number of fused-ring (bicyclic) bond motifs is 3. The molecule has 0 unspecified atom stereocenters. The minimum absolute atomic E-state index is 1.08. The molecule has 11 rings (SSSR count). The summed E-state index contributed by atoms with van der Waals surface area (Å²) in [5.74, 6) is 0. The molecule has 0 N–H and O–H groups in total. The molecule has 0 aromatic heterocycles. The minimum Gasteiger partial charge on any atom is -0.310 e. The van der Waals surface area contributed by atoms with E-state index in [1.165, 1.54) is 82.4 Å². The summed E-state index contributed by atoms with van der Waals surface area (Å²) in [5, 5.41) is 7.49. The first-order valence-electron chi connectivity index (χ1n) is 21.0. The van der Waals surface area contributed by atoms with E-state index in [-0.39, 0.29) is 0 Å². The Morgan fingerprint density at radius 2 is 0.557 bits per heavy atom. The van der Waals surface area contributed by atoms with Crippen molar-refractivity contribution in [1.82, 2.24) is 0 Å². The zero-order valence-electron chi connectivity index (χ0n) is 33.6. The molecule has 1 nitrogen and oxygen atoms in total. The van der Waals surface area contributed by atoms with Crippen LogP contribution in [0.15, 0.2) is 249 Å². The Labute approximate surface area is 357 Å². The molecule has 0 bridgehead atoms. The number of rotatable bonds is 8. The van der Waals surface area contributed by atoms with Crippen LogP contribution < -0.4 is 4.90 Å². The summed E-state index contributed by atoms with van der Waals surface area (Å²) < 4.78 is 0. The predicted octanol–water partition coefficient (Wildman–Crippen LogP) is 17.0. The van der Waals surface area contributed by atoms with Crippen LogP contribution in [0.3, 0.4) is 0 Å². The van der Waals surface area contributed by atoms with Gasteiger partial charge in [-0.2, -0.15) is 0 Å². The molecule has 286 valence electrons. The Kier molecular flexibility index (Phi) is 9.26. The van der Waals surface area contributed by atoms with Crippen molar-refractivity contribution in [3.63, 3.8) is 0 Å². The van der Waals surface area contributed by atoms with Gasteiger partial charge >= 0.3 is 0 Å². The van der Waals surface area contributed by atoms with Crippen LogP contribution in [-0.2, 0) is 0 Å². The molecule has 0 saturated carbocycles. The van der Waals surface area contributed by atoms with E-state index >= 15 is 0 Å². The standard InChI is InChI=1S/C60H41N/c1-2-13-47(14-3-1)59-40-35-50(58-26-12-20-46-17-6-9-23-55(46)58)41-60(59)61(52-38-33-49(34-39-52)57-25-11-19-45-16-5-8-22-54(45)57)51-36-31-43(32-37-51)42-27-29-48(30-28-42)56-24-10-18-44-15-4-7-21-53(44)56/h1-41H. The molecule has 0 spiro atoms. The fraction of sp³-hybridized carbons (Fsp3) is 0. The summed E-state index contributed by atoms with van der Waals surface area (Å²) in [4.78, 5) is 2.43. The van der Waals surface area contributed by atoms with E-state index in [0.29, 0.717) is 0 Å².